The van der Waals surface area contributed by atoms with Gasteiger partial charge in [0.2, 0.25) is 0 Å². The number of nitrogens with one attached hydrogen (secondary N) is 2. The summed E-state index contributed by atoms with van der Waals surface area (Å²) in [7, 11) is 0. The van der Waals surface area contributed by atoms with Crippen LogP contribution >= 0.6 is 0 Å². The van der Waals surface area contributed by atoms with Crippen molar-refractivity contribution < 1.29 is 14.7 Å². The number of hydrogen-bond acceptors (Lipinski definition) is 3. The number of carboxylic acids is 1. The van der Waals surface area contributed by atoms with Gasteiger partial charge >= 0.3 is 12.0 Å². The molecule has 1 aliphatic rings. The predicted molar refractivity (Wildman–Crippen MR) is 70.9 cm³/mol. The third-order valence-electron chi connectivity index (χ3n) is 3.27. The first-order valence-electron chi connectivity index (χ1n) is 6.34. The maximum absolute atomic E-state index is 11.7. The van der Waals surface area contributed by atoms with E-state index in [-0.39, 0.29) is 19.0 Å². The van der Waals surface area contributed by atoms with Crippen molar-refractivity contribution in [2.75, 3.05) is 6.54 Å². The van der Waals surface area contributed by atoms with Crippen LogP contribution in [0.3, 0.4) is 0 Å². The topological polar surface area (TPSA) is 102 Å². The maximum Gasteiger partial charge on any atom is 0.315 e. The largest absolute Gasteiger partial charge is 0.481 e. The Morgan fingerprint density at radius 2 is 2.15 bits per heavy atom. The number of nitrogens with zero attached hydrogens (tertiary/aromatic N) is 1. The summed E-state index contributed by atoms with van der Waals surface area (Å²) < 4.78 is 0. The second-order valence-corrected chi connectivity index (χ2v) is 4.80. The van der Waals surface area contributed by atoms with Crippen LogP contribution in [0.5, 0.6) is 0 Å². The number of rotatable bonds is 5. The molecule has 0 bridgehead atoms. The molecular formula is C14H15N3O3. The third kappa shape index (κ3) is 3.26. The first-order chi connectivity index (χ1) is 9.55. The molecule has 0 unspecified atom stereocenters. The van der Waals surface area contributed by atoms with E-state index in [0.717, 1.165) is 18.4 Å². The van der Waals surface area contributed by atoms with Crippen LogP contribution in [-0.4, -0.2) is 23.7 Å². The molecule has 0 radical (unpaired) electrons. The molecule has 104 valence electrons. The van der Waals surface area contributed by atoms with E-state index in [9.17, 15) is 9.59 Å². The zero-order valence-electron chi connectivity index (χ0n) is 10.8. The van der Waals surface area contributed by atoms with Crippen molar-refractivity contribution >= 4 is 12.0 Å². The minimum absolute atomic E-state index is 0.0927. The van der Waals surface area contributed by atoms with E-state index in [4.69, 9.17) is 10.4 Å². The fourth-order valence-electron chi connectivity index (χ4n) is 2.04. The van der Waals surface area contributed by atoms with Crippen molar-refractivity contribution in [3.05, 3.63) is 35.4 Å². The number of nitriles is 1. The zero-order valence-corrected chi connectivity index (χ0v) is 10.8. The van der Waals surface area contributed by atoms with Crippen molar-refractivity contribution in [1.82, 2.24) is 10.6 Å². The lowest BCUT2D eigenvalue weighted by Gasteiger charge is -2.18. The highest BCUT2D eigenvalue weighted by molar-refractivity contribution is 5.76. The van der Waals surface area contributed by atoms with Gasteiger partial charge in [0, 0.05) is 6.54 Å². The monoisotopic (exact) mass is 273 g/mol. The lowest BCUT2D eigenvalue weighted by Crippen LogP contribution is -2.42. The van der Waals surface area contributed by atoms with E-state index in [1.54, 1.807) is 18.2 Å². The summed E-state index contributed by atoms with van der Waals surface area (Å²) in [5, 5.41) is 22.8. The number of carboxylic acid groups (broad SMARTS) is 1. The molecule has 0 aromatic heterocycles. The third-order valence-corrected chi connectivity index (χ3v) is 3.27. The van der Waals surface area contributed by atoms with E-state index < -0.39 is 11.5 Å². The first-order valence-corrected chi connectivity index (χ1v) is 6.34. The Bertz CT molecular complexity index is 573. The zero-order chi connectivity index (χ0) is 14.6. The smallest absolute Gasteiger partial charge is 0.315 e. The average molecular weight is 273 g/mol. The second-order valence-electron chi connectivity index (χ2n) is 4.80. The minimum atomic E-state index is -0.951. The SMILES string of the molecule is N#Cc1cccc(C2(NC(=O)NCCC(=O)O)CC2)c1. The molecular weight excluding hydrogens is 258 g/mol. The number of benzene rings is 1. The van der Waals surface area contributed by atoms with Gasteiger partial charge in [0.05, 0.1) is 23.6 Å². The first kappa shape index (κ1) is 13.9. The van der Waals surface area contributed by atoms with E-state index in [0.29, 0.717) is 5.56 Å². The number of amides is 2. The molecule has 1 aromatic rings. The van der Waals surface area contributed by atoms with Crippen LogP contribution in [0, 0.1) is 11.3 Å². The van der Waals surface area contributed by atoms with E-state index >= 15 is 0 Å². The van der Waals surface area contributed by atoms with Gasteiger partial charge in [0.1, 0.15) is 0 Å². The van der Waals surface area contributed by atoms with Gasteiger partial charge in [-0.1, -0.05) is 12.1 Å². The summed E-state index contributed by atoms with van der Waals surface area (Å²) in [5.74, 6) is -0.951. The summed E-state index contributed by atoms with van der Waals surface area (Å²) in [6, 6.07) is 8.84. The van der Waals surface area contributed by atoms with Gasteiger partial charge in [-0.05, 0) is 30.5 Å². The number of hydrogen-bond donors (Lipinski definition) is 3. The van der Waals surface area contributed by atoms with Crippen molar-refractivity contribution in [1.29, 1.82) is 5.26 Å². The van der Waals surface area contributed by atoms with Crippen LogP contribution in [0.25, 0.3) is 0 Å². The molecule has 0 spiro atoms. The molecule has 2 amide bonds. The van der Waals surface area contributed by atoms with Crippen LogP contribution in [-0.2, 0) is 10.3 Å². The van der Waals surface area contributed by atoms with E-state index in [2.05, 4.69) is 16.7 Å². The summed E-state index contributed by atoms with van der Waals surface area (Å²) in [6.45, 7) is 0.0927. The van der Waals surface area contributed by atoms with E-state index in [1.807, 2.05) is 6.07 Å². The quantitative estimate of drug-likeness (QED) is 0.752. The van der Waals surface area contributed by atoms with Crippen molar-refractivity contribution in [2.24, 2.45) is 0 Å². The van der Waals surface area contributed by atoms with Gasteiger partial charge < -0.3 is 15.7 Å². The van der Waals surface area contributed by atoms with Crippen LogP contribution in [0.2, 0.25) is 0 Å². The number of carbonyl (C=O) groups is 2. The van der Waals surface area contributed by atoms with Crippen molar-refractivity contribution in [2.45, 2.75) is 24.8 Å². The molecule has 6 nitrogen and oxygen atoms in total. The molecule has 1 saturated carbocycles. The lowest BCUT2D eigenvalue weighted by atomic mass is 10.0. The maximum atomic E-state index is 11.7. The molecule has 0 heterocycles. The van der Waals surface area contributed by atoms with Gasteiger partial charge in [-0.25, -0.2) is 4.79 Å². The number of carbonyl (C=O) groups excluding carboxylic acids is 1. The predicted octanol–water partition coefficient (Wildman–Crippen LogP) is 1.32. The Balaban J connectivity index is 1.96. The molecule has 1 aromatic carbocycles. The van der Waals surface area contributed by atoms with Gasteiger partial charge in [0.25, 0.3) is 0 Å². The summed E-state index contributed by atoms with van der Waals surface area (Å²) in [6.07, 6.45) is 1.52. The fraction of sp³-hybridized carbons (Fsp3) is 0.357. The van der Waals surface area contributed by atoms with Crippen molar-refractivity contribution in [3.8, 4) is 6.07 Å². The summed E-state index contributed by atoms with van der Waals surface area (Å²) in [4.78, 5) is 22.1. The second kappa shape index (κ2) is 5.61. The molecule has 6 heteroatoms. The van der Waals surface area contributed by atoms with Gasteiger partial charge in [-0.2, -0.15) is 5.26 Å². The molecule has 20 heavy (non-hydrogen) atoms. The molecule has 0 saturated heterocycles. The highest BCUT2D eigenvalue weighted by Crippen LogP contribution is 2.45. The average Bonchev–Trinajstić information content (AvgIpc) is 3.19. The molecule has 3 N–H and O–H groups in total. The molecule has 1 aliphatic carbocycles. The van der Waals surface area contributed by atoms with Crippen LogP contribution < -0.4 is 10.6 Å². The number of aliphatic carboxylic acids is 1. The Hall–Kier alpha value is -2.55. The van der Waals surface area contributed by atoms with Crippen molar-refractivity contribution in [3.63, 3.8) is 0 Å². The van der Waals surface area contributed by atoms with E-state index in [1.165, 1.54) is 0 Å². The molecule has 0 aliphatic heterocycles. The Morgan fingerprint density at radius 1 is 1.40 bits per heavy atom. The molecule has 0 atom stereocenters. The standard InChI is InChI=1S/C14H15N3O3/c15-9-10-2-1-3-11(8-10)14(5-6-14)17-13(20)16-7-4-12(18)19/h1-3,8H,4-7H2,(H,18,19)(H2,16,17,20). The van der Waals surface area contributed by atoms with Crippen LogP contribution in [0.1, 0.15) is 30.4 Å². The molecule has 1 fully saturated rings. The number of urea groups is 1. The Kier molecular flexibility index (Phi) is 3.89. The fourth-order valence-corrected chi connectivity index (χ4v) is 2.04. The minimum Gasteiger partial charge on any atom is -0.481 e. The Morgan fingerprint density at radius 3 is 2.75 bits per heavy atom. The summed E-state index contributed by atoms with van der Waals surface area (Å²) in [5.41, 5.74) is 1.05. The summed E-state index contributed by atoms with van der Waals surface area (Å²) >= 11 is 0. The lowest BCUT2D eigenvalue weighted by molar-refractivity contribution is -0.136. The normalized spacial score (nSPS) is 14.9. The highest BCUT2D eigenvalue weighted by Gasteiger charge is 2.45. The Labute approximate surface area is 116 Å². The van der Waals surface area contributed by atoms with Crippen LogP contribution in [0.4, 0.5) is 4.79 Å². The van der Waals surface area contributed by atoms with Crippen LogP contribution in [0.15, 0.2) is 24.3 Å². The van der Waals surface area contributed by atoms with Gasteiger partial charge in [0.15, 0.2) is 0 Å². The van der Waals surface area contributed by atoms with Gasteiger partial charge in [-0.3, -0.25) is 4.79 Å². The molecule has 2 rings (SSSR count). The van der Waals surface area contributed by atoms with Gasteiger partial charge in [-0.15, -0.1) is 0 Å². The highest BCUT2D eigenvalue weighted by atomic mass is 16.4.